The summed E-state index contributed by atoms with van der Waals surface area (Å²) in [6.45, 7) is 4.19. The SMILES string of the molecule is CC(C)c1ccc(-c2cc(C(=O)O)c(=O)[nH]n2)cc1. The van der Waals surface area contributed by atoms with Crippen LogP contribution in [0, 0.1) is 0 Å². The third kappa shape index (κ3) is 2.70. The number of aromatic amines is 1. The van der Waals surface area contributed by atoms with Crippen molar-refractivity contribution < 1.29 is 9.90 Å². The first-order valence-corrected chi connectivity index (χ1v) is 5.92. The lowest BCUT2D eigenvalue weighted by atomic mass is 10.0. The molecule has 1 heterocycles. The summed E-state index contributed by atoms with van der Waals surface area (Å²) in [4.78, 5) is 22.2. The highest BCUT2D eigenvalue weighted by molar-refractivity contribution is 5.88. The van der Waals surface area contributed by atoms with Crippen LogP contribution in [0.1, 0.15) is 35.7 Å². The Labute approximate surface area is 109 Å². The average Bonchev–Trinajstić information content (AvgIpc) is 2.39. The first-order valence-electron chi connectivity index (χ1n) is 5.92. The van der Waals surface area contributed by atoms with E-state index in [1.54, 1.807) is 0 Å². The summed E-state index contributed by atoms with van der Waals surface area (Å²) in [5.74, 6) is -0.837. The van der Waals surface area contributed by atoms with Crippen LogP contribution in [0.3, 0.4) is 0 Å². The van der Waals surface area contributed by atoms with Gasteiger partial charge in [-0.25, -0.2) is 9.89 Å². The second kappa shape index (κ2) is 5.06. The van der Waals surface area contributed by atoms with Crippen molar-refractivity contribution in [3.05, 3.63) is 51.8 Å². The maximum Gasteiger partial charge on any atom is 0.341 e. The molecule has 0 aliphatic rings. The predicted octanol–water partition coefficient (Wildman–Crippen LogP) is 2.26. The molecule has 2 N–H and O–H groups in total. The van der Waals surface area contributed by atoms with Gasteiger partial charge in [-0.15, -0.1) is 0 Å². The van der Waals surface area contributed by atoms with Crippen molar-refractivity contribution in [1.82, 2.24) is 10.2 Å². The van der Waals surface area contributed by atoms with Gasteiger partial charge in [0.25, 0.3) is 5.56 Å². The quantitative estimate of drug-likeness (QED) is 0.884. The van der Waals surface area contributed by atoms with Crippen molar-refractivity contribution in [3.63, 3.8) is 0 Å². The van der Waals surface area contributed by atoms with E-state index in [1.165, 1.54) is 11.6 Å². The molecule has 2 aromatic rings. The van der Waals surface area contributed by atoms with E-state index in [2.05, 4.69) is 24.0 Å². The number of hydrogen-bond acceptors (Lipinski definition) is 3. The number of benzene rings is 1. The normalized spacial score (nSPS) is 10.7. The van der Waals surface area contributed by atoms with Gasteiger partial charge in [-0.05, 0) is 17.5 Å². The fourth-order valence-electron chi connectivity index (χ4n) is 1.75. The summed E-state index contributed by atoms with van der Waals surface area (Å²) in [6, 6.07) is 8.94. The van der Waals surface area contributed by atoms with Crippen molar-refractivity contribution in [2.45, 2.75) is 19.8 Å². The number of hydrogen-bond donors (Lipinski definition) is 2. The van der Waals surface area contributed by atoms with Gasteiger partial charge < -0.3 is 5.11 Å². The molecule has 2 rings (SSSR count). The second-order valence-corrected chi connectivity index (χ2v) is 4.58. The lowest BCUT2D eigenvalue weighted by Gasteiger charge is -2.06. The number of aromatic carboxylic acids is 1. The molecule has 0 bridgehead atoms. The van der Waals surface area contributed by atoms with Gasteiger partial charge in [-0.1, -0.05) is 38.1 Å². The van der Waals surface area contributed by atoms with E-state index in [-0.39, 0.29) is 5.56 Å². The maximum atomic E-state index is 11.3. The fourth-order valence-corrected chi connectivity index (χ4v) is 1.75. The number of nitrogens with one attached hydrogen (secondary N) is 1. The zero-order valence-corrected chi connectivity index (χ0v) is 10.7. The number of carbonyl (C=O) groups is 1. The van der Waals surface area contributed by atoms with Gasteiger partial charge in [0.15, 0.2) is 0 Å². The molecule has 1 aromatic heterocycles. The summed E-state index contributed by atoms with van der Waals surface area (Å²) < 4.78 is 0. The molecule has 0 aliphatic heterocycles. The molecule has 0 saturated carbocycles. The number of aromatic nitrogens is 2. The molecule has 0 unspecified atom stereocenters. The fraction of sp³-hybridized carbons (Fsp3) is 0.214. The van der Waals surface area contributed by atoms with E-state index in [0.717, 1.165) is 5.56 Å². The van der Waals surface area contributed by atoms with Crippen LogP contribution in [0.5, 0.6) is 0 Å². The van der Waals surface area contributed by atoms with Gasteiger partial charge in [0.2, 0.25) is 0 Å². The summed E-state index contributed by atoms with van der Waals surface area (Å²) >= 11 is 0. The molecule has 0 radical (unpaired) electrons. The largest absolute Gasteiger partial charge is 0.477 e. The van der Waals surface area contributed by atoms with Gasteiger partial charge in [-0.2, -0.15) is 5.10 Å². The zero-order valence-electron chi connectivity index (χ0n) is 10.7. The van der Waals surface area contributed by atoms with Gasteiger partial charge in [0, 0.05) is 5.56 Å². The monoisotopic (exact) mass is 258 g/mol. The molecular weight excluding hydrogens is 244 g/mol. The molecule has 1 aromatic carbocycles. The minimum absolute atomic E-state index is 0.307. The lowest BCUT2D eigenvalue weighted by Crippen LogP contribution is -2.18. The standard InChI is InChI=1S/C14H14N2O3/c1-8(2)9-3-5-10(6-4-9)12-7-11(14(18)19)13(17)16-15-12/h3-8H,1-2H3,(H,16,17)(H,18,19). The van der Waals surface area contributed by atoms with E-state index in [1.807, 2.05) is 24.3 Å². The Bertz CT molecular complexity index is 657. The van der Waals surface area contributed by atoms with Crippen molar-refractivity contribution in [2.75, 3.05) is 0 Å². The summed E-state index contributed by atoms with van der Waals surface area (Å²) in [6.07, 6.45) is 0. The third-order valence-corrected chi connectivity index (χ3v) is 2.91. The van der Waals surface area contributed by atoms with Crippen LogP contribution in [0.15, 0.2) is 35.1 Å². The molecule has 0 amide bonds. The Morgan fingerprint density at radius 1 is 1.26 bits per heavy atom. The van der Waals surface area contributed by atoms with Crippen molar-refractivity contribution in [1.29, 1.82) is 0 Å². The van der Waals surface area contributed by atoms with Gasteiger partial charge in [-0.3, -0.25) is 4.79 Å². The molecular formula is C14H14N2O3. The van der Waals surface area contributed by atoms with Crippen molar-refractivity contribution in [3.8, 4) is 11.3 Å². The van der Waals surface area contributed by atoms with E-state index in [0.29, 0.717) is 11.6 Å². The Balaban J connectivity index is 2.44. The second-order valence-electron chi connectivity index (χ2n) is 4.58. The molecule has 0 spiro atoms. The first-order chi connectivity index (χ1) is 8.99. The highest BCUT2D eigenvalue weighted by atomic mass is 16.4. The van der Waals surface area contributed by atoms with Crippen LogP contribution < -0.4 is 5.56 Å². The Morgan fingerprint density at radius 2 is 1.89 bits per heavy atom. The van der Waals surface area contributed by atoms with Crippen molar-refractivity contribution in [2.24, 2.45) is 0 Å². The van der Waals surface area contributed by atoms with Gasteiger partial charge in [0.1, 0.15) is 5.56 Å². The molecule has 0 aliphatic carbocycles. The molecule has 0 fully saturated rings. The average molecular weight is 258 g/mol. The highest BCUT2D eigenvalue weighted by Gasteiger charge is 2.11. The number of nitrogens with zero attached hydrogens (tertiary/aromatic N) is 1. The van der Waals surface area contributed by atoms with Crippen molar-refractivity contribution >= 4 is 5.97 Å². The molecule has 5 nitrogen and oxygen atoms in total. The molecule has 0 saturated heterocycles. The van der Waals surface area contributed by atoms with Crippen LogP contribution >= 0.6 is 0 Å². The summed E-state index contributed by atoms with van der Waals surface area (Å²) in [5.41, 5.74) is 1.38. The zero-order chi connectivity index (χ0) is 14.0. The third-order valence-electron chi connectivity index (χ3n) is 2.91. The summed E-state index contributed by atoms with van der Waals surface area (Å²) in [7, 11) is 0. The maximum absolute atomic E-state index is 11.3. The highest BCUT2D eigenvalue weighted by Crippen LogP contribution is 2.20. The van der Waals surface area contributed by atoms with E-state index in [9.17, 15) is 9.59 Å². The Morgan fingerprint density at radius 3 is 2.42 bits per heavy atom. The number of H-pyrrole nitrogens is 1. The van der Waals surface area contributed by atoms with Crippen LogP contribution in [0.2, 0.25) is 0 Å². The topological polar surface area (TPSA) is 83.0 Å². The molecule has 5 heteroatoms. The predicted molar refractivity (Wildman–Crippen MR) is 71.3 cm³/mol. The van der Waals surface area contributed by atoms with Gasteiger partial charge >= 0.3 is 5.97 Å². The van der Waals surface area contributed by atoms with Crippen LogP contribution in [-0.2, 0) is 0 Å². The molecule has 0 atom stereocenters. The lowest BCUT2D eigenvalue weighted by molar-refractivity contribution is 0.0694. The number of carboxylic acids is 1. The first kappa shape index (κ1) is 13.0. The number of rotatable bonds is 3. The smallest absolute Gasteiger partial charge is 0.341 e. The molecule has 19 heavy (non-hydrogen) atoms. The van der Waals surface area contributed by atoms with E-state index >= 15 is 0 Å². The van der Waals surface area contributed by atoms with E-state index in [4.69, 9.17) is 5.11 Å². The van der Waals surface area contributed by atoms with Crippen LogP contribution in [-0.4, -0.2) is 21.3 Å². The van der Waals surface area contributed by atoms with Crippen LogP contribution in [0.25, 0.3) is 11.3 Å². The minimum Gasteiger partial charge on any atom is -0.477 e. The minimum atomic E-state index is -1.26. The van der Waals surface area contributed by atoms with Crippen LogP contribution in [0.4, 0.5) is 0 Å². The van der Waals surface area contributed by atoms with E-state index < -0.39 is 11.5 Å². The summed E-state index contributed by atoms with van der Waals surface area (Å²) in [5, 5.41) is 15.0. The van der Waals surface area contributed by atoms with Gasteiger partial charge in [0.05, 0.1) is 5.69 Å². The Kier molecular flexibility index (Phi) is 3.46. The number of carboxylic acid groups (broad SMARTS) is 1. The molecule has 98 valence electrons. The Hall–Kier alpha value is -2.43.